The number of aromatic nitrogens is 4. The number of nitrogens with zero attached hydrogens (tertiary/aromatic N) is 5. The highest BCUT2D eigenvalue weighted by molar-refractivity contribution is 5.80. The third kappa shape index (κ3) is 2.55. The Labute approximate surface area is 138 Å². The van der Waals surface area contributed by atoms with Gasteiger partial charge in [-0.25, -0.2) is 4.98 Å². The molecule has 3 aromatic heterocycles. The third-order valence-corrected chi connectivity index (χ3v) is 3.64. The Morgan fingerprint density at radius 3 is 2.88 bits per heavy atom. The molecule has 6 nitrogen and oxygen atoms in total. The lowest BCUT2D eigenvalue weighted by atomic mass is 10.1. The molecule has 0 radical (unpaired) electrons. The summed E-state index contributed by atoms with van der Waals surface area (Å²) in [6.45, 7) is 0. The third-order valence-electron chi connectivity index (χ3n) is 3.64. The maximum absolute atomic E-state index is 8.99. The Morgan fingerprint density at radius 1 is 1.00 bits per heavy atom. The first-order valence-electron chi connectivity index (χ1n) is 7.36. The number of pyridine rings is 1. The standard InChI is InChI=1S/C18H12N6/c19-11-13-3-1-4-15(9-13)23-18-10-14(6-8-20-18)16-12-22-24-17(16)5-2-7-21-24/h1-10,12H,(H,20,23). The molecule has 0 fully saturated rings. The highest BCUT2D eigenvalue weighted by Gasteiger charge is 2.08. The zero-order valence-corrected chi connectivity index (χ0v) is 12.6. The van der Waals surface area contributed by atoms with Gasteiger partial charge in [0.2, 0.25) is 0 Å². The molecule has 1 aromatic carbocycles. The van der Waals surface area contributed by atoms with E-state index in [1.165, 1.54) is 0 Å². The highest BCUT2D eigenvalue weighted by atomic mass is 15.4. The average molecular weight is 312 g/mol. The number of fused-ring (bicyclic) bond motifs is 1. The predicted molar refractivity (Wildman–Crippen MR) is 90.7 cm³/mol. The quantitative estimate of drug-likeness (QED) is 0.627. The Bertz CT molecular complexity index is 1060. The van der Waals surface area contributed by atoms with Crippen LogP contribution in [0.2, 0.25) is 0 Å². The maximum atomic E-state index is 8.99. The summed E-state index contributed by atoms with van der Waals surface area (Å²) >= 11 is 0. The van der Waals surface area contributed by atoms with Crippen LogP contribution >= 0.6 is 0 Å². The zero-order valence-electron chi connectivity index (χ0n) is 12.6. The Morgan fingerprint density at radius 2 is 1.96 bits per heavy atom. The van der Waals surface area contributed by atoms with Crippen LogP contribution in [0.4, 0.5) is 11.5 Å². The first kappa shape index (κ1) is 13.9. The van der Waals surface area contributed by atoms with E-state index in [9.17, 15) is 0 Å². The number of hydrogen-bond donors (Lipinski definition) is 1. The minimum Gasteiger partial charge on any atom is -0.340 e. The first-order chi connectivity index (χ1) is 11.8. The maximum Gasteiger partial charge on any atom is 0.130 e. The van der Waals surface area contributed by atoms with Crippen LogP contribution in [-0.4, -0.2) is 19.8 Å². The topological polar surface area (TPSA) is 78.9 Å². The van der Waals surface area contributed by atoms with E-state index >= 15 is 0 Å². The first-order valence-corrected chi connectivity index (χ1v) is 7.36. The highest BCUT2D eigenvalue weighted by Crippen LogP contribution is 2.26. The SMILES string of the molecule is N#Cc1cccc(Nc2cc(-c3cnn4ncccc34)ccn2)c1. The van der Waals surface area contributed by atoms with E-state index in [2.05, 4.69) is 26.6 Å². The molecule has 0 saturated heterocycles. The molecular weight excluding hydrogens is 300 g/mol. The summed E-state index contributed by atoms with van der Waals surface area (Å²) in [7, 11) is 0. The van der Waals surface area contributed by atoms with Crippen molar-refractivity contribution in [3.05, 3.63) is 72.7 Å². The van der Waals surface area contributed by atoms with Crippen molar-refractivity contribution in [2.75, 3.05) is 5.32 Å². The van der Waals surface area contributed by atoms with Crippen LogP contribution in [0.5, 0.6) is 0 Å². The summed E-state index contributed by atoms with van der Waals surface area (Å²) < 4.78 is 1.60. The molecule has 0 saturated carbocycles. The minimum atomic E-state index is 0.602. The predicted octanol–water partition coefficient (Wildman–Crippen LogP) is 3.41. The van der Waals surface area contributed by atoms with E-state index in [1.54, 1.807) is 35.4 Å². The average Bonchev–Trinajstić information content (AvgIpc) is 3.06. The molecular formula is C18H12N6. The lowest BCUT2D eigenvalue weighted by molar-refractivity contribution is 0.800. The fourth-order valence-electron chi connectivity index (χ4n) is 2.54. The summed E-state index contributed by atoms with van der Waals surface area (Å²) in [4.78, 5) is 4.34. The Hall–Kier alpha value is -3.72. The second-order valence-corrected chi connectivity index (χ2v) is 5.20. The fourth-order valence-corrected chi connectivity index (χ4v) is 2.54. The summed E-state index contributed by atoms with van der Waals surface area (Å²) in [5.74, 6) is 0.700. The lowest BCUT2D eigenvalue weighted by Crippen LogP contribution is -1.94. The van der Waals surface area contributed by atoms with Crippen molar-refractivity contribution in [2.45, 2.75) is 0 Å². The van der Waals surface area contributed by atoms with Gasteiger partial charge in [0.25, 0.3) is 0 Å². The van der Waals surface area contributed by atoms with Crippen molar-refractivity contribution < 1.29 is 0 Å². The van der Waals surface area contributed by atoms with E-state index in [0.29, 0.717) is 11.4 Å². The molecule has 0 aliphatic rings. The van der Waals surface area contributed by atoms with Gasteiger partial charge in [-0.1, -0.05) is 6.07 Å². The zero-order chi connectivity index (χ0) is 16.4. The van der Waals surface area contributed by atoms with Gasteiger partial charge in [-0.2, -0.15) is 20.1 Å². The summed E-state index contributed by atoms with van der Waals surface area (Å²) in [5.41, 5.74) is 4.33. The molecule has 1 N–H and O–H groups in total. The molecule has 3 heterocycles. The van der Waals surface area contributed by atoms with Gasteiger partial charge in [0.05, 0.1) is 23.3 Å². The van der Waals surface area contributed by atoms with Crippen molar-refractivity contribution in [1.82, 2.24) is 19.8 Å². The van der Waals surface area contributed by atoms with Gasteiger partial charge in [-0.3, -0.25) is 0 Å². The normalized spacial score (nSPS) is 10.5. The number of nitrogens with one attached hydrogen (secondary N) is 1. The monoisotopic (exact) mass is 312 g/mol. The molecule has 0 bridgehead atoms. The van der Waals surface area contributed by atoms with E-state index in [1.807, 2.05) is 36.4 Å². The molecule has 0 aliphatic carbocycles. The van der Waals surface area contributed by atoms with Crippen LogP contribution in [0, 0.1) is 11.3 Å². The van der Waals surface area contributed by atoms with E-state index < -0.39 is 0 Å². The molecule has 24 heavy (non-hydrogen) atoms. The van der Waals surface area contributed by atoms with E-state index in [0.717, 1.165) is 22.3 Å². The summed E-state index contributed by atoms with van der Waals surface area (Å²) in [6.07, 6.45) is 5.23. The van der Waals surface area contributed by atoms with Gasteiger partial charge >= 0.3 is 0 Å². The number of nitriles is 1. The molecule has 4 rings (SSSR count). The Balaban J connectivity index is 1.70. The van der Waals surface area contributed by atoms with E-state index in [-0.39, 0.29) is 0 Å². The van der Waals surface area contributed by atoms with Gasteiger partial charge in [0, 0.05) is 23.6 Å². The molecule has 4 aromatic rings. The van der Waals surface area contributed by atoms with Gasteiger partial charge in [0.15, 0.2) is 0 Å². The lowest BCUT2D eigenvalue weighted by Gasteiger charge is -2.07. The van der Waals surface area contributed by atoms with Crippen molar-refractivity contribution in [1.29, 1.82) is 5.26 Å². The van der Waals surface area contributed by atoms with Gasteiger partial charge < -0.3 is 5.32 Å². The molecule has 6 heteroatoms. The molecule has 0 spiro atoms. The van der Waals surface area contributed by atoms with Crippen molar-refractivity contribution in [3.8, 4) is 17.2 Å². The molecule has 0 aliphatic heterocycles. The van der Waals surface area contributed by atoms with Crippen LogP contribution in [0.1, 0.15) is 5.56 Å². The number of rotatable bonds is 3. The van der Waals surface area contributed by atoms with Crippen LogP contribution in [0.3, 0.4) is 0 Å². The molecule has 114 valence electrons. The van der Waals surface area contributed by atoms with Gasteiger partial charge in [-0.15, -0.1) is 0 Å². The molecule has 0 atom stereocenters. The van der Waals surface area contributed by atoms with Gasteiger partial charge in [-0.05, 0) is 48.0 Å². The van der Waals surface area contributed by atoms with Crippen molar-refractivity contribution >= 4 is 17.0 Å². The van der Waals surface area contributed by atoms with Crippen molar-refractivity contribution in [3.63, 3.8) is 0 Å². The summed E-state index contributed by atoms with van der Waals surface area (Å²) in [5, 5.41) is 20.7. The second kappa shape index (κ2) is 5.82. The van der Waals surface area contributed by atoms with Gasteiger partial charge in [0.1, 0.15) is 5.82 Å². The number of hydrogen-bond acceptors (Lipinski definition) is 5. The van der Waals surface area contributed by atoms with Crippen LogP contribution in [0.25, 0.3) is 16.6 Å². The smallest absolute Gasteiger partial charge is 0.130 e. The summed E-state index contributed by atoms with van der Waals surface area (Å²) in [6, 6.07) is 17.1. The number of benzene rings is 1. The van der Waals surface area contributed by atoms with Crippen LogP contribution < -0.4 is 5.32 Å². The Kier molecular flexibility index (Phi) is 3.37. The van der Waals surface area contributed by atoms with Crippen molar-refractivity contribution in [2.24, 2.45) is 0 Å². The van der Waals surface area contributed by atoms with Crippen LogP contribution in [-0.2, 0) is 0 Å². The number of anilines is 2. The molecule has 0 amide bonds. The largest absolute Gasteiger partial charge is 0.340 e. The minimum absolute atomic E-state index is 0.602. The van der Waals surface area contributed by atoms with E-state index in [4.69, 9.17) is 5.26 Å². The fraction of sp³-hybridized carbons (Fsp3) is 0. The second-order valence-electron chi connectivity index (χ2n) is 5.20. The molecule has 0 unspecified atom stereocenters. The van der Waals surface area contributed by atoms with Crippen LogP contribution in [0.15, 0.2) is 67.1 Å².